The van der Waals surface area contributed by atoms with Crippen LogP contribution in [0.15, 0.2) is 12.3 Å². The third-order valence-electron chi connectivity index (χ3n) is 0.732. The Balaban J connectivity index is 2.80. The van der Waals surface area contributed by atoms with Crippen LogP contribution in [0, 0.1) is 0 Å². The lowest BCUT2D eigenvalue weighted by Crippen LogP contribution is -1.96. The van der Waals surface area contributed by atoms with Crippen LogP contribution in [0.1, 0.15) is 12.8 Å². The van der Waals surface area contributed by atoms with Crippen LogP contribution in [0.2, 0.25) is 0 Å². The van der Waals surface area contributed by atoms with Crippen molar-refractivity contribution >= 4 is 0 Å². The van der Waals surface area contributed by atoms with Crippen LogP contribution in [-0.4, -0.2) is 11.8 Å². The molecule has 0 aliphatic rings. The number of allylic oxidation sites excluding steroid dienone is 1. The second kappa shape index (κ2) is 6.46. The van der Waals surface area contributed by atoms with Crippen molar-refractivity contribution in [3.8, 4) is 0 Å². The maximum absolute atomic E-state index is 7.75. The van der Waals surface area contributed by atoms with Crippen LogP contribution in [-0.2, 0) is 4.89 Å². The molecule has 3 heteroatoms. The summed E-state index contributed by atoms with van der Waals surface area (Å²) in [6.07, 6.45) is 4.74. The minimum absolute atomic E-state index is 0.676. The lowest BCUT2D eigenvalue weighted by Gasteiger charge is -1.86. The van der Waals surface area contributed by atoms with Gasteiger partial charge in [-0.1, -0.05) is 0 Å². The zero-order valence-electron chi connectivity index (χ0n) is 4.71. The summed E-state index contributed by atoms with van der Waals surface area (Å²) >= 11 is 0. The first kappa shape index (κ1) is 7.46. The van der Waals surface area contributed by atoms with Crippen LogP contribution in [0.3, 0.4) is 0 Å². The molecule has 3 nitrogen and oxygen atoms in total. The van der Waals surface area contributed by atoms with Gasteiger partial charge in [0.2, 0.25) is 0 Å². The lowest BCUT2D eigenvalue weighted by molar-refractivity contribution is -0.186. The third kappa shape index (κ3) is 5.46. The fourth-order valence-corrected chi connectivity index (χ4v) is 0.347. The number of hydrogen-bond donors (Lipinski definition) is 2. The van der Waals surface area contributed by atoms with Gasteiger partial charge in [-0.2, -0.15) is 0 Å². The lowest BCUT2D eigenvalue weighted by atomic mass is 10.3. The molecule has 0 radical (unpaired) electrons. The average molecular weight is 117 g/mol. The molecule has 0 saturated heterocycles. The molecule has 0 fully saturated rings. The second-order valence-electron chi connectivity index (χ2n) is 1.41. The van der Waals surface area contributed by atoms with Gasteiger partial charge in [0.15, 0.2) is 0 Å². The van der Waals surface area contributed by atoms with E-state index < -0.39 is 0 Å². The van der Waals surface area contributed by atoms with Gasteiger partial charge in [-0.3, -0.25) is 0 Å². The van der Waals surface area contributed by atoms with E-state index >= 15 is 0 Å². The fraction of sp³-hybridized carbons (Fsp3) is 0.600. The molecule has 0 aromatic heterocycles. The van der Waals surface area contributed by atoms with Crippen molar-refractivity contribution in [2.45, 2.75) is 12.8 Å². The Hall–Kier alpha value is -0.540. The van der Waals surface area contributed by atoms with Crippen molar-refractivity contribution in [2.75, 3.05) is 6.54 Å². The summed E-state index contributed by atoms with van der Waals surface area (Å²) in [5, 5.41) is 7.75. The van der Waals surface area contributed by atoms with Gasteiger partial charge in [0.05, 0.1) is 0 Å². The van der Waals surface area contributed by atoms with Gasteiger partial charge in [0.1, 0.15) is 6.26 Å². The minimum Gasteiger partial charge on any atom is -0.349 e. The Labute approximate surface area is 48.7 Å². The largest absolute Gasteiger partial charge is 0.349 e. The van der Waals surface area contributed by atoms with Gasteiger partial charge >= 0.3 is 0 Å². The van der Waals surface area contributed by atoms with Gasteiger partial charge in [-0.05, 0) is 25.5 Å². The third-order valence-corrected chi connectivity index (χ3v) is 0.732. The predicted octanol–water partition coefficient (Wildman–Crippen LogP) is 0.729. The molecule has 0 bridgehead atoms. The van der Waals surface area contributed by atoms with Crippen LogP contribution in [0.4, 0.5) is 0 Å². The van der Waals surface area contributed by atoms with E-state index in [2.05, 4.69) is 4.89 Å². The van der Waals surface area contributed by atoms with Crippen LogP contribution < -0.4 is 5.73 Å². The second-order valence-corrected chi connectivity index (χ2v) is 1.41. The quantitative estimate of drug-likeness (QED) is 0.247. The summed E-state index contributed by atoms with van der Waals surface area (Å²) in [5.41, 5.74) is 5.17. The highest BCUT2D eigenvalue weighted by molar-refractivity contribution is 4.71. The highest BCUT2D eigenvalue weighted by Crippen LogP contribution is 1.86. The summed E-state index contributed by atoms with van der Waals surface area (Å²) in [6.45, 7) is 0.676. The molecule has 0 aliphatic carbocycles. The zero-order valence-corrected chi connectivity index (χ0v) is 4.71. The minimum atomic E-state index is 0.676. The Bertz CT molecular complexity index is 63.4. The summed E-state index contributed by atoms with van der Waals surface area (Å²) in [5.74, 6) is 0. The van der Waals surface area contributed by atoms with Crippen molar-refractivity contribution in [1.82, 2.24) is 0 Å². The van der Waals surface area contributed by atoms with Crippen molar-refractivity contribution < 1.29 is 10.1 Å². The van der Waals surface area contributed by atoms with Crippen LogP contribution in [0.5, 0.6) is 0 Å². The van der Waals surface area contributed by atoms with Crippen LogP contribution in [0.25, 0.3) is 0 Å². The first-order valence-electron chi connectivity index (χ1n) is 2.57. The smallest absolute Gasteiger partial charge is 0.125 e. The topological polar surface area (TPSA) is 55.5 Å². The van der Waals surface area contributed by atoms with Crippen molar-refractivity contribution in [3.05, 3.63) is 12.3 Å². The first-order valence-corrected chi connectivity index (χ1v) is 2.57. The number of rotatable bonds is 4. The van der Waals surface area contributed by atoms with Gasteiger partial charge in [0, 0.05) is 0 Å². The maximum Gasteiger partial charge on any atom is 0.125 e. The molecule has 8 heavy (non-hydrogen) atoms. The molecule has 0 aliphatic heterocycles. The van der Waals surface area contributed by atoms with E-state index in [1.165, 1.54) is 6.26 Å². The predicted molar refractivity (Wildman–Crippen MR) is 31.1 cm³/mol. The fourth-order valence-electron chi connectivity index (χ4n) is 0.347. The van der Waals surface area contributed by atoms with E-state index in [9.17, 15) is 0 Å². The van der Waals surface area contributed by atoms with Gasteiger partial charge < -0.3 is 10.6 Å². The van der Waals surface area contributed by atoms with Crippen LogP contribution >= 0.6 is 0 Å². The van der Waals surface area contributed by atoms with Crippen molar-refractivity contribution in [2.24, 2.45) is 5.73 Å². The molecule has 0 rings (SSSR count). The average Bonchev–Trinajstić information content (AvgIpc) is 1.81. The SMILES string of the molecule is NCCC/C=C/OO. The van der Waals surface area contributed by atoms with E-state index in [0.29, 0.717) is 6.54 Å². The highest BCUT2D eigenvalue weighted by atomic mass is 17.1. The highest BCUT2D eigenvalue weighted by Gasteiger charge is 1.75. The molecule has 0 saturated carbocycles. The van der Waals surface area contributed by atoms with E-state index in [1.54, 1.807) is 6.08 Å². The normalized spacial score (nSPS) is 10.2. The summed E-state index contributed by atoms with van der Waals surface area (Å²) in [4.78, 5) is 3.67. The summed E-state index contributed by atoms with van der Waals surface area (Å²) in [7, 11) is 0. The Morgan fingerprint density at radius 3 is 2.88 bits per heavy atom. The van der Waals surface area contributed by atoms with E-state index in [0.717, 1.165) is 12.8 Å². The standard InChI is InChI=1S/C5H11NO2/c6-4-2-1-3-5-8-7/h3,5,7H,1-2,4,6H2/b5-3+. The molecule has 0 spiro atoms. The number of nitrogens with two attached hydrogens (primary N) is 1. The molecule has 3 N–H and O–H groups in total. The molecule has 0 aromatic carbocycles. The van der Waals surface area contributed by atoms with E-state index in [4.69, 9.17) is 11.0 Å². The zero-order chi connectivity index (χ0) is 6.24. The van der Waals surface area contributed by atoms with Gasteiger partial charge in [-0.15, -0.1) is 0 Å². The van der Waals surface area contributed by atoms with E-state index in [1.807, 2.05) is 0 Å². The summed E-state index contributed by atoms with van der Waals surface area (Å²) in [6, 6.07) is 0. The number of hydrogen-bond acceptors (Lipinski definition) is 3. The molecule has 0 aromatic rings. The molecule has 0 amide bonds. The molecule has 0 atom stereocenters. The van der Waals surface area contributed by atoms with Gasteiger partial charge in [-0.25, -0.2) is 5.26 Å². The van der Waals surface area contributed by atoms with E-state index in [-0.39, 0.29) is 0 Å². The molecule has 0 unspecified atom stereocenters. The van der Waals surface area contributed by atoms with Gasteiger partial charge in [0.25, 0.3) is 0 Å². The Morgan fingerprint density at radius 1 is 1.62 bits per heavy atom. The first-order chi connectivity index (χ1) is 3.91. The number of unbranched alkanes of at least 4 members (excludes halogenated alkanes) is 1. The van der Waals surface area contributed by atoms with Crippen molar-refractivity contribution in [3.63, 3.8) is 0 Å². The summed E-state index contributed by atoms with van der Waals surface area (Å²) < 4.78 is 0. The Kier molecular flexibility index (Phi) is 6.02. The molecule has 0 heterocycles. The maximum atomic E-state index is 7.75. The molecular weight excluding hydrogens is 106 g/mol. The molecule has 48 valence electrons. The van der Waals surface area contributed by atoms with Crippen molar-refractivity contribution in [1.29, 1.82) is 0 Å². The monoisotopic (exact) mass is 117 g/mol. The Morgan fingerprint density at radius 2 is 2.38 bits per heavy atom. The molecular formula is C5H11NO2.